The van der Waals surface area contributed by atoms with Gasteiger partial charge in [-0.1, -0.05) is 13.8 Å². The van der Waals surface area contributed by atoms with E-state index in [1.54, 1.807) is 17.8 Å². The zero-order valence-electron chi connectivity index (χ0n) is 13.0. The minimum Gasteiger partial charge on any atom is -0.377 e. The number of rotatable bonds is 4. The SMILES string of the molecule is COCc1nc2nnc(-c3ccnc(C(C)C)n3)c(C)n2n1. The molecule has 0 aliphatic rings. The molecule has 3 rings (SSSR count). The van der Waals surface area contributed by atoms with Crippen LogP contribution in [0.5, 0.6) is 0 Å². The Bertz CT molecular complexity index is 812. The number of hydrogen-bond donors (Lipinski definition) is 0. The standard InChI is InChI=1S/C14H17N7O/c1-8(2)13-15-6-5-10(16-13)12-9(3)21-14(19-18-12)17-11(20-21)7-22-4/h5-6,8H,7H2,1-4H3. The van der Waals surface area contributed by atoms with Crippen LogP contribution in [-0.4, -0.2) is 41.9 Å². The summed E-state index contributed by atoms with van der Waals surface area (Å²) in [5, 5.41) is 12.7. The highest BCUT2D eigenvalue weighted by atomic mass is 16.5. The van der Waals surface area contributed by atoms with E-state index in [-0.39, 0.29) is 5.92 Å². The Morgan fingerprint density at radius 2 is 2.05 bits per heavy atom. The number of methoxy groups -OCH3 is 1. The highest BCUT2D eigenvalue weighted by Crippen LogP contribution is 2.20. The van der Waals surface area contributed by atoms with Gasteiger partial charge in [-0.2, -0.15) is 9.50 Å². The van der Waals surface area contributed by atoms with E-state index in [1.807, 2.05) is 13.0 Å². The number of aryl methyl sites for hydroxylation is 1. The molecular formula is C14H17N7O. The van der Waals surface area contributed by atoms with Gasteiger partial charge in [-0.25, -0.2) is 9.97 Å². The summed E-state index contributed by atoms with van der Waals surface area (Å²) in [5.74, 6) is 2.04. The maximum Gasteiger partial charge on any atom is 0.272 e. The summed E-state index contributed by atoms with van der Waals surface area (Å²) < 4.78 is 6.71. The van der Waals surface area contributed by atoms with Gasteiger partial charge in [-0.05, 0) is 13.0 Å². The molecule has 114 valence electrons. The maximum atomic E-state index is 5.05. The second-order valence-corrected chi connectivity index (χ2v) is 5.26. The topological polar surface area (TPSA) is 91.0 Å². The van der Waals surface area contributed by atoms with Crippen LogP contribution in [0.1, 0.15) is 37.1 Å². The number of ether oxygens (including phenoxy) is 1. The fourth-order valence-corrected chi connectivity index (χ4v) is 2.11. The molecule has 0 saturated carbocycles. The average Bonchev–Trinajstić information content (AvgIpc) is 2.92. The summed E-state index contributed by atoms with van der Waals surface area (Å²) in [6.45, 7) is 6.35. The van der Waals surface area contributed by atoms with Gasteiger partial charge in [0.1, 0.15) is 18.1 Å². The van der Waals surface area contributed by atoms with Crippen molar-refractivity contribution in [2.24, 2.45) is 0 Å². The second kappa shape index (κ2) is 5.72. The van der Waals surface area contributed by atoms with Crippen LogP contribution < -0.4 is 0 Å². The monoisotopic (exact) mass is 299 g/mol. The molecule has 0 N–H and O–H groups in total. The lowest BCUT2D eigenvalue weighted by atomic mass is 10.2. The lowest BCUT2D eigenvalue weighted by Crippen LogP contribution is -2.05. The first kappa shape index (κ1) is 14.5. The van der Waals surface area contributed by atoms with E-state index in [2.05, 4.69) is 44.1 Å². The van der Waals surface area contributed by atoms with E-state index in [4.69, 9.17) is 4.74 Å². The van der Waals surface area contributed by atoms with Crippen molar-refractivity contribution in [3.05, 3.63) is 29.6 Å². The van der Waals surface area contributed by atoms with E-state index in [0.717, 1.165) is 17.2 Å². The lowest BCUT2D eigenvalue weighted by Gasteiger charge is -2.07. The Balaban J connectivity index is 2.11. The van der Waals surface area contributed by atoms with Gasteiger partial charge in [0.2, 0.25) is 0 Å². The van der Waals surface area contributed by atoms with Gasteiger partial charge in [0.25, 0.3) is 5.78 Å². The second-order valence-electron chi connectivity index (χ2n) is 5.26. The number of hydrogen-bond acceptors (Lipinski definition) is 7. The van der Waals surface area contributed by atoms with E-state index >= 15 is 0 Å². The molecule has 0 aliphatic carbocycles. The lowest BCUT2D eigenvalue weighted by molar-refractivity contribution is 0.178. The van der Waals surface area contributed by atoms with Crippen molar-refractivity contribution >= 4 is 5.78 Å². The predicted octanol–water partition coefficient (Wildman–Crippen LogP) is 1.55. The quantitative estimate of drug-likeness (QED) is 0.721. The van der Waals surface area contributed by atoms with Crippen LogP contribution in [0, 0.1) is 6.92 Å². The largest absolute Gasteiger partial charge is 0.377 e. The highest BCUT2D eigenvalue weighted by molar-refractivity contribution is 5.57. The fraction of sp³-hybridized carbons (Fsp3) is 0.429. The first-order valence-electron chi connectivity index (χ1n) is 7.01. The Hall–Kier alpha value is -2.48. The smallest absolute Gasteiger partial charge is 0.272 e. The van der Waals surface area contributed by atoms with Gasteiger partial charge in [0.15, 0.2) is 5.82 Å². The van der Waals surface area contributed by atoms with Crippen molar-refractivity contribution in [3.8, 4) is 11.4 Å². The Kier molecular flexibility index (Phi) is 3.76. The predicted molar refractivity (Wildman–Crippen MR) is 79.1 cm³/mol. The van der Waals surface area contributed by atoms with E-state index in [1.165, 1.54) is 0 Å². The third kappa shape index (κ3) is 2.52. The third-order valence-corrected chi connectivity index (χ3v) is 3.24. The van der Waals surface area contributed by atoms with Crippen molar-refractivity contribution in [3.63, 3.8) is 0 Å². The fourth-order valence-electron chi connectivity index (χ4n) is 2.11. The molecule has 0 radical (unpaired) electrons. The van der Waals surface area contributed by atoms with Crippen molar-refractivity contribution in [2.45, 2.75) is 33.3 Å². The first-order valence-corrected chi connectivity index (χ1v) is 7.01. The summed E-state index contributed by atoms with van der Waals surface area (Å²) in [5.41, 5.74) is 2.23. The molecule has 0 aromatic carbocycles. The van der Waals surface area contributed by atoms with Gasteiger partial charge in [0, 0.05) is 19.2 Å². The summed E-state index contributed by atoms with van der Waals surface area (Å²) in [7, 11) is 1.60. The molecule has 3 aromatic rings. The van der Waals surface area contributed by atoms with Crippen molar-refractivity contribution in [2.75, 3.05) is 7.11 Å². The summed E-state index contributed by atoms with van der Waals surface area (Å²) in [4.78, 5) is 13.1. The zero-order valence-corrected chi connectivity index (χ0v) is 13.0. The minimum atomic E-state index is 0.247. The molecule has 0 saturated heterocycles. The summed E-state index contributed by atoms with van der Waals surface area (Å²) in [6.07, 6.45) is 1.74. The molecule has 0 aliphatic heterocycles. The molecule has 0 atom stereocenters. The normalized spacial score (nSPS) is 11.5. The molecule has 0 fully saturated rings. The summed E-state index contributed by atoms with van der Waals surface area (Å²) in [6, 6.07) is 1.82. The number of aromatic nitrogens is 7. The van der Waals surface area contributed by atoms with Crippen molar-refractivity contribution in [1.82, 2.24) is 34.8 Å². The molecule has 0 unspecified atom stereocenters. The molecule has 8 heteroatoms. The van der Waals surface area contributed by atoms with Gasteiger partial charge >= 0.3 is 0 Å². The number of fused-ring (bicyclic) bond motifs is 1. The molecule has 0 amide bonds. The third-order valence-electron chi connectivity index (χ3n) is 3.24. The minimum absolute atomic E-state index is 0.247. The molecule has 0 spiro atoms. The van der Waals surface area contributed by atoms with Crippen LogP contribution in [0.2, 0.25) is 0 Å². The number of nitrogens with zero attached hydrogens (tertiary/aromatic N) is 7. The van der Waals surface area contributed by atoms with Crippen LogP contribution >= 0.6 is 0 Å². The molecule has 3 aromatic heterocycles. The maximum absolute atomic E-state index is 5.05. The van der Waals surface area contributed by atoms with Crippen LogP contribution in [0.4, 0.5) is 0 Å². The van der Waals surface area contributed by atoms with Crippen LogP contribution in [0.3, 0.4) is 0 Å². The van der Waals surface area contributed by atoms with E-state index in [0.29, 0.717) is 23.9 Å². The van der Waals surface area contributed by atoms with Gasteiger partial charge in [0.05, 0.1) is 11.4 Å². The Morgan fingerprint density at radius 3 is 2.77 bits per heavy atom. The molecule has 22 heavy (non-hydrogen) atoms. The summed E-state index contributed by atoms with van der Waals surface area (Å²) >= 11 is 0. The van der Waals surface area contributed by atoms with E-state index in [9.17, 15) is 0 Å². The van der Waals surface area contributed by atoms with Gasteiger partial charge in [-0.15, -0.1) is 15.3 Å². The van der Waals surface area contributed by atoms with Gasteiger partial charge < -0.3 is 4.74 Å². The Labute approximate surface area is 127 Å². The van der Waals surface area contributed by atoms with E-state index < -0.39 is 0 Å². The molecule has 8 nitrogen and oxygen atoms in total. The first-order chi connectivity index (χ1) is 10.6. The van der Waals surface area contributed by atoms with Crippen LogP contribution in [0.25, 0.3) is 17.2 Å². The van der Waals surface area contributed by atoms with Crippen LogP contribution in [0.15, 0.2) is 12.3 Å². The Morgan fingerprint density at radius 1 is 1.23 bits per heavy atom. The molecular weight excluding hydrogens is 282 g/mol. The van der Waals surface area contributed by atoms with Crippen LogP contribution in [-0.2, 0) is 11.3 Å². The van der Waals surface area contributed by atoms with Crippen molar-refractivity contribution < 1.29 is 4.74 Å². The highest BCUT2D eigenvalue weighted by Gasteiger charge is 2.15. The molecule has 0 bridgehead atoms. The zero-order chi connectivity index (χ0) is 15.7. The van der Waals surface area contributed by atoms with Crippen molar-refractivity contribution in [1.29, 1.82) is 0 Å². The average molecular weight is 299 g/mol. The van der Waals surface area contributed by atoms with Gasteiger partial charge in [-0.3, -0.25) is 0 Å². The molecule has 3 heterocycles.